The summed E-state index contributed by atoms with van der Waals surface area (Å²) in [6.45, 7) is 1.28. The van der Waals surface area contributed by atoms with Gasteiger partial charge in [0, 0.05) is 25.5 Å². The van der Waals surface area contributed by atoms with Gasteiger partial charge >= 0.3 is 0 Å². The second kappa shape index (κ2) is 5.90. The zero-order valence-electron chi connectivity index (χ0n) is 9.71. The summed E-state index contributed by atoms with van der Waals surface area (Å²) in [5.74, 6) is -1.01. The molecule has 2 rings (SSSR count). The monoisotopic (exact) mass is 248 g/mol. The number of hydrogen-bond donors (Lipinski definition) is 1. The van der Waals surface area contributed by atoms with Gasteiger partial charge in [-0.3, -0.25) is 4.79 Å². The lowest BCUT2D eigenvalue weighted by Gasteiger charge is -2.05. The lowest BCUT2D eigenvalue weighted by Crippen LogP contribution is -2.26. The number of pyridine rings is 1. The van der Waals surface area contributed by atoms with Crippen LogP contribution in [0.3, 0.4) is 0 Å². The maximum absolute atomic E-state index is 12.8. The Bertz CT molecular complexity index is 513. The van der Waals surface area contributed by atoms with Crippen LogP contribution < -0.4 is 5.32 Å². The van der Waals surface area contributed by atoms with Crippen LogP contribution in [0.5, 0.6) is 0 Å². The van der Waals surface area contributed by atoms with E-state index in [4.69, 9.17) is 0 Å². The largest absolute Gasteiger partial charge is 0.351 e. The Kier molecular flexibility index (Phi) is 4.01. The normalized spacial score (nSPS) is 10.3. The van der Waals surface area contributed by atoms with Gasteiger partial charge in [-0.25, -0.2) is 9.97 Å². The molecular weight excluding hydrogens is 235 g/mol. The van der Waals surface area contributed by atoms with E-state index in [-0.39, 0.29) is 11.6 Å². The minimum absolute atomic E-state index is 0.0950. The molecule has 0 aromatic carbocycles. The first-order valence-electron chi connectivity index (χ1n) is 5.62. The molecule has 0 unspecified atom stereocenters. The number of imidazole rings is 1. The van der Waals surface area contributed by atoms with Crippen molar-refractivity contribution in [1.29, 1.82) is 0 Å². The first kappa shape index (κ1) is 12.2. The smallest absolute Gasteiger partial charge is 0.269 e. The van der Waals surface area contributed by atoms with Crippen molar-refractivity contribution in [3.63, 3.8) is 0 Å². The van der Waals surface area contributed by atoms with Gasteiger partial charge in [0.05, 0.1) is 6.33 Å². The number of amides is 1. The van der Waals surface area contributed by atoms with Crippen molar-refractivity contribution in [1.82, 2.24) is 19.9 Å². The Morgan fingerprint density at radius 2 is 2.33 bits per heavy atom. The van der Waals surface area contributed by atoms with Crippen LogP contribution in [0.2, 0.25) is 0 Å². The van der Waals surface area contributed by atoms with E-state index >= 15 is 0 Å². The van der Waals surface area contributed by atoms with E-state index in [1.54, 1.807) is 12.5 Å². The van der Waals surface area contributed by atoms with Gasteiger partial charge in [0.1, 0.15) is 5.69 Å². The second-order valence-electron chi connectivity index (χ2n) is 3.76. The molecule has 0 bridgehead atoms. The average molecular weight is 248 g/mol. The fourth-order valence-corrected chi connectivity index (χ4v) is 1.51. The zero-order chi connectivity index (χ0) is 12.8. The number of halogens is 1. The average Bonchev–Trinajstić information content (AvgIpc) is 2.87. The van der Waals surface area contributed by atoms with Crippen LogP contribution in [0.4, 0.5) is 4.39 Å². The Labute approximate surface area is 104 Å². The predicted molar refractivity (Wildman–Crippen MR) is 63.4 cm³/mol. The van der Waals surface area contributed by atoms with Crippen LogP contribution >= 0.6 is 0 Å². The van der Waals surface area contributed by atoms with Gasteiger partial charge in [-0.2, -0.15) is 4.39 Å². The van der Waals surface area contributed by atoms with E-state index < -0.39 is 5.95 Å². The first-order chi connectivity index (χ1) is 8.75. The van der Waals surface area contributed by atoms with Crippen molar-refractivity contribution in [2.75, 3.05) is 6.54 Å². The lowest BCUT2D eigenvalue weighted by atomic mass is 10.3. The highest BCUT2D eigenvalue weighted by atomic mass is 19.1. The summed E-state index contributed by atoms with van der Waals surface area (Å²) in [6.07, 6.45) is 6.05. The van der Waals surface area contributed by atoms with Crippen molar-refractivity contribution in [3.05, 3.63) is 48.6 Å². The molecule has 0 aliphatic carbocycles. The molecule has 0 fully saturated rings. The van der Waals surface area contributed by atoms with Crippen LogP contribution in [0.25, 0.3) is 0 Å². The molecule has 5 nitrogen and oxygen atoms in total. The fraction of sp³-hybridized carbons (Fsp3) is 0.250. The van der Waals surface area contributed by atoms with E-state index in [2.05, 4.69) is 15.3 Å². The molecule has 0 atom stereocenters. The lowest BCUT2D eigenvalue weighted by molar-refractivity contribution is 0.0946. The number of nitrogens with zero attached hydrogens (tertiary/aromatic N) is 3. The van der Waals surface area contributed by atoms with Gasteiger partial charge in [0.2, 0.25) is 5.95 Å². The number of nitrogens with one attached hydrogen (secondary N) is 1. The molecule has 94 valence electrons. The molecule has 1 amide bonds. The van der Waals surface area contributed by atoms with E-state index in [1.807, 2.05) is 10.8 Å². The summed E-state index contributed by atoms with van der Waals surface area (Å²) < 4.78 is 14.7. The van der Waals surface area contributed by atoms with Crippen molar-refractivity contribution in [2.45, 2.75) is 13.0 Å². The van der Waals surface area contributed by atoms with Crippen LogP contribution in [0, 0.1) is 5.95 Å². The maximum atomic E-state index is 12.8. The van der Waals surface area contributed by atoms with E-state index in [9.17, 15) is 9.18 Å². The molecule has 0 saturated heterocycles. The summed E-state index contributed by atoms with van der Waals surface area (Å²) in [4.78, 5) is 19.0. The van der Waals surface area contributed by atoms with Crippen LogP contribution in [-0.4, -0.2) is 27.0 Å². The molecule has 0 saturated carbocycles. The second-order valence-corrected chi connectivity index (χ2v) is 3.76. The Balaban J connectivity index is 1.75. The summed E-state index contributed by atoms with van der Waals surface area (Å²) in [5.41, 5.74) is 0.0950. The third-order valence-corrected chi connectivity index (χ3v) is 2.39. The molecule has 0 aliphatic rings. The molecule has 6 heteroatoms. The van der Waals surface area contributed by atoms with Crippen molar-refractivity contribution in [3.8, 4) is 0 Å². The summed E-state index contributed by atoms with van der Waals surface area (Å²) in [5, 5.41) is 2.69. The van der Waals surface area contributed by atoms with Gasteiger partial charge in [0.15, 0.2) is 0 Å². The number of carbonyl (C=O) groups excluding carboxylic acids is 1. The van der Waals surface area contributed by atoms with Crippen molar-refractivity contribution in [2.24, 2.45) is 0 Å². The molecule has 18 heavy (non-hydrogen) atoms. The molecular formula is C12H13FN4O. The topological polar surface area (TPSA) is 59.8 Å². The number of carbonyl (C=O) groups is 1. The molecule has 0 spiro atoms. The SMILES string of the molecule is O=C(NCCCn1ccnc1)c1cccc(F)n1. The van der Waals surface area contributed by atoms with Gasteiger partial charge in [-0.15, -0.1) is 0 Å². The van der Waals surface area contributed by atoms with Gasteiger partial charge in [-0.05, 0) is 18.6 Å². The third kappa shape index (κ3) is 3.38. The van der Waals surface area contributed by atoms with Crippen molar-refractivity contribution < 1.29 is 9.18 Å². The molecule has 2 aromatic rings. The number of aromatic nitrogens is 3. The Morgan fingerprint density at radius 3 is 3.06 bits per heavy atom. The summed E-state index contributed by atoms with van der Waals surface area (Å²) in [7, 11) is 0. The third-order valence-electron chi connectivity index (χ3n) is 2.39. The molecule has 2 heterocycles. The van der Waals surface area contributed by atoms with Crippen LogP contribution in [-0.2, 0) is 6.54 Å². The van der Waals surface area contributed by atoms with E-state index in [1.165, 1.54) is 18.2 Å². The highest BCUT2D eigenvalue weighted by Crippen LogP contribution is 1.97. The number of aryl methyl sites for hydroxylation is 1. The van der Waals surface area contributed by atoms with E-state index in [0.29, 0.717) is 6.54 Å². The van der Waals surface area contributed by atoms with Crippen molar-refractivity contribution >= 4 is 5.91 Å². The first-order valence-corrected chi connectivity index (χ1v) is 5.62. The minimum atomic E-state index is -0.652. The molecule has 2 aromatic heterocycles. The Hall–Kier alpha value is -2.24. The maximum Gasteiger partial charge on any atom is 0.269 e. The summed E-state index contributed by atoms with van der Waals surface area (Å²) >= 11 is 0. The standard InChI is InChI=1S/C12H13FN4O/c13-11-4-1-3-10(16-11)12(18)15-5-2-7-17-8-6-14-9-17/h1,3-4,6,8-9H,2,5,7H2,(H,15,18). The highest BCUT2D eigenvalue weighted by molar-refractivity contribution is 5.92. The quantitative estimate of drug-likeness (QED) is 0.639. The zero-order valence-corrected chi connectivity index (χ0v) is 9.71. The van der Waals surface area contributed by atoms with E-state index in [0.717, 1.165) is 13.0 Å². The van der Waals surface area contributed by atoms with Gasteiger partial charge in [-0.1, -0.05) is 6.07 Å². The van der Waals surface area contributed by atoms with Crippen LogP contribution in [0.1, 0.15) is 16.9 Å². The molecule has 0 aliphatic heterocycles. The van der Waals surface area contributed by atoms with Gasteiger partial charge < -0.3 is 9.88 Å². The highest BCUT2D eigenvalue weighted by Gasteiger charge is 2.06. The van der Waals surface area contributed by atoms with Crippen LogP contribution in [0.15, 0.2) is 36.9 Å². The Morgan fingerprint density at radius 1 is 1.44 bits per heavy atom. The fourth-order valence-electron chi connectivity index (χ4n) is 1.51. The number of hydrogen-bond acceptors (Lipinski definition) is 3. The predicted octanol–water partition coefficient (Wildman–Crippen LogP) is 1.24. The molecule has 0 radical (unpaired) electrons. The molecule has 1 N–H and O–H groups in total. The van der Waals surface area contributed by atoms with Gasteiger partial charge in [0.25, 0.3) is 5.91 Å². The number of rotatable bonds is 5. The summed E-state index contributed by atoms with van der Waals surface area (Å²) in [6, 6.07) is 4.15. The minimum Gasteiger partial charge on any atom is -0.351 e.